The van der Waals surface area contributed by atoms with Gasteiger partial charge in [-0.25, -0.2) is 9.36 Å². The number of fused-ring (bicyclic) bond motifs is 1. The van der Waals surface area contributed by atoms with Crippen LogP contribution in [0.1, 0.15) is 23.0 Å². The molecule has 3 heterocycles. The molecule has 0 spiro atoms. The number of furan rings is 1. The molecule has 9 nitrogen and oxygen atoms in total. The van der Waals surface area contributed by atoms with E-state index in [2.05, 4.69) is 27.1 Å². The topological polar surface area (TPSA) is 104 Å². The van der Waals surface area contributed by atoms with E-state index in [4.69, 9.17) is 4.42 Å². The van der Waals surface area contributed by atoms with Crippen LogP contribution in [0.2, 0.25) is 0 Å². The van der Waals surface area contributed by atoms with Gasteiger partial charge >= 0.3 is 5.69 Å². The molecule has 164 valence electrons. The molecular weight excluding hydrogens is 398 g/mol. The number of para-hydroxylation sites is 1. The summed E-state index contributed by atoms with van der Waals surface area (Å²) in [6, 6.07) is 8.48. The molecule has 1 atom stereocenters. The predicted octanol–water partition coefficient (Wildman–Crippen LogP) is 0.946. The average Bonchev–Trinajstić information content (AvgIpc) is 3.06. The van der Waals surface area contributed by atoms with E-state index in [0.29, 0.717) is 5.69 Å². The molecule has 2 N–H and O–H groups in total. The zero-order chi connectivity index (χ0) is 22.1. The molecule has 4 rings (SSSR count). The Balaban J connectivity index is 1.64. The van der Waals surface area contributed by atoms with Crippen LogP contribution in [-0.4, -0.2) is 71.1 Å². The Bertz CT molecular complexity index is 1200. The summed E-state index contributed by atoms with van der Waals surface area (Å²) >= 11 is 0. The number of likely N-dealkylation sites (N-methyl/N-ethyl adjacent to an activating group) is 1. The molecule has 1 amide bonds. The van der Waals surface area contributed by atoms with Gasteiger partial charge in [-0.05, 0) is 33.0 Å². The van der Waals surface area contributed by atoms with Gasteiger partial charge in [0.15, 0.2) is 0 Å². The quantitative estimate of drug-likeness (QED) is 0.631. The van der Waals surface area contributed by atoms with E-state index in [1.54, 1.807) is 37.3 Å². The lowest BCUT2D eigenvalue weighted by molar-refractivity contribution is 0.0914. The number of nitrogens with zero attached hydrogens (tertiary/aromatic N) is 3. The van der Waals surface area contributed by atoms with Gasteiger partial charge in [0.2, 0.25) is 5.71 Å². The first-order chi connectivity index (χ1) is 14.8. The van der Waals surface area contributed by atoms with Crippen LogP contribution in [-0.2, 0) is 0 Å². The van der Waals surface area contributed by atoms with Crippen LogP contribution >= 0.6 is 0 Å². The maximum atomic E-state index is 13.2. The first kappa shape index (κ1) is 21.1. The molecule has 3 aromatic rings. The maximum Gasteiger partial charge on any atom is 0.335 e. The largest absolute Gasteiger partial charge is 0.444 e. The molecule has 0 saturated carbocycles. The number of hydrogen-bond acceptors (Lipinski definition) is 6. The number of hydrogen-bond donors (Lipinski definition) is 2. The number of aryl methyl sites for hydroxylation is 1. The minimum Gasteiger partial charge on any atom is -0.444 e. The Hall–Kier alpha value is -3.17. The van der Waals surface area contributed by atoms with Gasteiger partial charge in [-0.3, -0.25) is 19.5 Å². The average molecular weight is 425 g/mol. The lowest BCUT2D eigenvalue weighted by Gasteiger charge is -2.34. The Morgan fingerprint density at radius 3 is 2.52 bits per heavy atom. The van der Waals surface area contributed by atoms with Crippen LogP contribution < -0.4 is 16.6 Å². The highest BCUT2D eigenvalue weighted by molar-refractivity contribution is 6.06. The lowest BCUT2D eigenvalue weighted by atomic mass is 10.1. The van der Waals surface area contributed by atoms with E-state index in [9.17, 15) is 14.4 Å². The molecule has 1 fully saturated rings. The van der Waals surface area contributed by atoms with Crippen molar-refractivity contribution in [2.75, 3.05) is 39.8 Å². The Morgan fingerprint density at radius 2 is 1.84 bits per heavy atom. The third kappa shape index (κ3) is 4.19. The van der Waals surface area contributed by atoms with E-state index in [1.165, 1.54) is 0 Å². The van der Waals surface area contributed by atoms with E-state index < -0.39 is 11.2 Å². The SMILES string of the molecule is Cc1oc2[nH]c(=O)n(-c3ccccc3)c(=O)c2c1C(=O)NC(C)CN1CCN(C)CC1. The summed E-state index contributed by atoms with van der Waals surface area (Å²) in [6.07, 6.45) is 0. The number of amides is 1. The van der Waals surface area contributed by atoms with Crippen molar-refractivity contribution in [3.05, 3.63) is 62.5 Å². The minimum atomic E-state index is -0.618. The smallest absolute Gasteiger partial charge is 0.335 e. The zero-order valence-electron chi connectivity index (χ0n) is 18.0. The highest BCUT2D eigenvalue weighted by atomic mass is 16.3. The molecule has 1 aliphatic rings. The normalized spacial score (nSPS) is 16.5. The Labute approximate surface area is 179 Å². The number of aromatic nitrogens is 2. The summed E-state index contributed by atoms with van der Waals surface area (Å²) in [7, 11) is 2.10. The fourth-order valence-electron chi connectivity index (χ4n) is 4.04. The van der Waals surface area contributed by atoms with E-state index in [-0.39, 0.29) is 34.4 Å². The molecule has 9 heteroatoms. The highest BCUT2D eigenvalue weighted by Crippen LogP contribution is 2.21. The molecule has 1 unspecified atom stereocenters. The number of benzene rings is 1. The molecule has 1 aromatic carbocycles. The van der Waals surface area contributed by atoms with Crippen molar-refractivity contribution in [2.24, 2.45) is 0 Å². The van der Waals surface area contributed by atoms with Gasteiger partial charge < -0.3 is 14.6 Å². The molecule has 1 saturated heterocycles. The van der Waals surface area contributed by atoms with Crippen molar-refractivity contribution in [3.8, 4) is 5.69 Å². The fraction of sp³-hybridized carbons (Fsp3) is 0.409. The third-order valence-corrected chi connectivity index (χ3v) is 5.67. The van der Waals surface area contributed by atoms with Crippen molar-refractivity contribution in [2.45, 2.75) is 19.9 Å². The van der Waals surface area contributed by atoms with Crippen LogP contribution in [0.5, 0.6) is 0 Å². The first-order valence-electron chi connectivity index (χ1n) is 10.4. The van der Waals surface area contributed by atoms with Gasteiger partial charge in [0.1, 0.15) is 11.1 Å². The molecule has 0 radical (unpaired) electrons. The van der Waals surface area contributed by atoms with Gasteiger partial charge in [-0.2, -0.15) is 0 Å². The second-order valence-electron chi connectivity index (χ2n) is 8.12. The van der Waals surface area contributed by atoms with Crippen molar-refractivity contribution in [1.29, 1.82) is 0 Å². The summed E-state index contributed by atoms with van der Waals surface area (Å²) in [4.78, 5) is 46.0. The van der Waals surface area contributed by atoms with Crippen LogP contribution in [0.15, 0.2) is 44.3 Å². The molecule has 1 aliphatic heterocycles. The van der Waals surface area contributed by atoms with Crippen molar-refractivity contribution in [1.82, 2.24) is 24.7 Å². The molecular formula is C22H27N5O4. The maximum absolute atomic E-state index is 13.2. The second-order valence-corrected chi connectivity index (χ2v) is 8.12. The zero-order valence-corrected chi connectivity index (χ0v) is 18.0. The van der Waals surface area contributed by atoms with Gasteiger partial charge in [0.05, 0.1) is 11.3 Å². The lowest BCUT2D eigenvalue weighted by Crippen LogP contribution is -2.49. The second kappa shape index (κ2) is 8.52. The highest BCUT2D eigenvalue weighted by Gasteiger charge is 2.25. The number of carbonyl (C=O) groups excluding carboxylic acids is 1. The number of nitrogens with one attached hydrogen (secondary N) is 2. The van der Waals surface area contributed by atoms with E-state index >= 15 is 0 Å². The van der Waals surface area contributed by atoms with Gasteiger partial charge in [-0.15, -0.1) is 0 Å². The van der Waals surface area contributed by atoms with Crippen molar-refractivity contribution >= 4 is 17.0 Å². The molecule has 31 heavy (non-hydrogen) atoms. The minimum absolute atomic E-state index is 0.0107. The van der Waals surface area contributed by atoms with Gasteiger partial charge in [0.25, 0.3) is 11.5 Å². The Morgan fingerprint density at radius 1 is 1.16 bits per heavy atom. The van der Waals surface area contributed by atoms with Crippen molar-refractivity contribution in [3.63, 3.8) is 0 Å². The third-order valence-electron chi connectivity index (χ3n) is 5.67. The first-order valence-corrected chi connectivity index (χ1v) is 10.4. The van der Waals surface area contributed by atoms with Gasteiger partial charge in [0, 0.05) is 38.8 Å². The van der Waals surface area contributed by atoms with E-state index in [0.717, 1.165) is 37.3 Å². The van der Waals surface area contributed by atoms with Crippen molar-refractivity contribution < 1.29 is 9.21 Å². The standard InChI is InChI=1S/C22H27N5O4/c1-14(13-26-11-9-25(3)10-12-26)23-19(28)17-15(2)31-20-18(17)21(29)27(22(30)24-20)16-7-5-4-6-8-16/h4-8,14H,9-13H2,1-3H3,(H,23,28)(H,24,30). The summed E-state index contributed by atoms with van der Waals surface area (Å²) in [5.74, 6) is -0.0977. The van der Waals surface area contributed by atoms with Crippen LogP contribution in [0.3, 0.4) is 0 Å². The fourth-order valence-corrected chi connectivity index (χ4v) is 4.04. The number of H-pyrrole nitrogens is 1. The molecule has 0 aliphatic carbocycles. The molecule has 0 bridgehead atoms. The number of rotatable bonds is 5. The number of aromatic amines is 1. The monoisotopic (exact) mass is 425 g/mol. The van der Waals surface area contributed by atoms with Crippen LogP contribution in [0.25, 0.3) is 16.8 Å². The van der Waals surface area contributed by atoms with Crippen LogP contribution in [0, 0.1) is 6.92 Å². The Kier molecular flexibility index (Phi) is 5.79. The van der Waals surface area contributed by atoms with E-state index in [1.807, 2.05) is 6.92 Å². The van der Waals surface area contributed by atoms with Gasteiger partial charge in [-0.1, -0.05) is 18.2 Å². The summed E-state index contributed by atoms with van der Waals surface area (Å²) in [6.45, 7) is 8.18. The predicted molar refractivity (Wildman–Crippen MR) is 118 cm³/mol. The molecule has 2 aromatic heterocycles. The summed E-state index contributed by atoms with van der Waals surface area (Å²) < 4.78 is 6.59. The van der Waals surface area contributed by atoms with Crippen LogP contribution in [0.4, 0.5) is 0 Å². The number of carbonyl (C=O) groups is 1. The number of piperazine rings is 1. The summed E-state index contributed by atoms with van der Waals surface area (Å²) in [5, 5.41) is 3.05. The summed E-state index contributed by atoms with van der Waals surface area (Å²) in [5.41, 5.74) is -0.612.